The monoisotopic (exact) mass is 287 g/mol. The van der Waals surface area contributed by atoms with Gasteiger partial charge in [-0.3, -0.25) is 14.7 Å². The van der Waals surface area contributed by atoms with Crippen LogP contribution in [0.5, 0.6) is 0 Å². The summed E-state index contributed by atoms with van der Waals surface area (Å²) in [6.45, 7) is 4.07. The lowest BCUT2D eigenvalue weighted by Crippen LogP contribution is -2.22. The van der Waals surface area contributed by atoms with Gasteiger partial charge in [-0.1, -0.05) is 6.07 Å². The van der Waals surface area contributed by atoms with E-state index in [0.717, 1.165) is 0 Å². The van der Waals surface area contributed by atoms with Gasteiger partial charge < -0.3 is 4.57 Å². The molecule has 2 heterocycles. The third kappa shape index (κ3) is 1.99. The first kappa shape index (κ1) is 13.4. The minimum atomic E-state index is -0.428. The highest BCUT2D eigenvalue weighted by molar-refractivity contribution is 5.80. The zero-order chi connectivity index (χ0) is 15.1. The smallest absolute Gasteiger partial charge is 0.280 e. The van der Waals surface area contributed by atoms with Crippen LogP contribution in [0.2, 0.25) is 0 Å². The van der Waals surface area contributed by atoms with Gasteiger partial charge >= 0.3 is 0 Å². The molecule has 0 saturated carbocycles. The van der Waals surface area contributed by atoms with Crippen molar-refractivity contribution < 1.29 is 4.39 Å². The average Bonchev–Trinajstić information content (AvgIpc) is 2.76. The molecule has 21 heavy (non-hydrogen) atoms. The third-order valence-corrected chi connectivity index (χ3v) is 3.60. The van der Waals surface area contributed by atoms with Crippen molar-refractivity contribution in [1.82, 2.24) is 14.3 Å². The predicted octanol–water partition coefficient (Wildman–Crippen LogP) is 1.95. The number of aryl methyl sites for hydroxylation is 1. The Balaban J connectivity index is 2.38. The fraction of sp³-hybridized carbons (Fsp3) is 0.200. The fourth-order valence-electron chi connectivity index (χ4n) is 2.60. The lowest BCUT2D eigenvalue weighted by atomic mass is 10.2. The van der Waals surface area contributed by atoms with Gasteiger partial charge in [0.2, 0.25) is 0 Å². The van der Waals surface area contributed by atoms with Crippen LogP contribution in [0.4, 0.5) is 4.39 Å². The molecule has 0 saturated heterocycles. The molecule has 0 unspecified atom stereocenters. The van der Waals surface area contributed by atoms with Crippen LogP contribution < -0.4 is 11.1 Å². The number of rotatable bonds is 2. The number of nitrogens with zero attached hydrogens (tertiary/aromatic N) is 2. The van der Waals surface area contributed by atoms with Crippen LogP contribution in [0.15, 0.2) is 39.9 Å². The molecule has 5 nitrogen and oxygen atoms in total. The Bertz CT molecular complexity index is 950. The van der Waals surface area contributed by atoms with Crippen molar-refractivity contribution in [3.63, 3.8) is 0 Å². The van der Waals surface area contributed by atoms with Crippen LogP contribution in [0.1, 0.15) is 12.6 Å². The van der Waals surface area contributed by atoms with Crippen molar-refractivity contribution in [1.29, 1.82) is 0 Å². The highest BCUT2D eigenvalue weighted by atomic mass is 19.1. The number of hydrogen-bond donors (Lipinski definition) is 1. The summed E-state index contributed by atoms with van der Waals surface area (Å²) in [7, 11) is 0. The van der Waals surface area contributed by atoms with Crippen molar-refractivity contribution in [2.45, 2.75) is 20.4 Å². The minimum Gasteiger partial charge on any atom is -0.312 e. The van der Waals surface area contributed by atoms with Gasteiger partial charge in [0.25, 0.3) is 11.1 Å². The number of pyridine rings is 1. The maximum Gasteiger partial charge on any atom is 0.280 e. The van der Waals surface area contributed by atoms with E-state index in [0.29, 0.717) is 28.8 Å². The molecule has 0 radical (unpaired) electrons. The second kappa shape index (κ2) is 4.73. The van der Waals surface area contributed by atoms with E-state index in [-0.39, 0.29) is 11.1 Å². The van der Waals surface area contributed by atoms with Crippen LogP contribution in [-0.2, 0) is 6.54 Å². The molecule has 3 aromatic rings. The zero-order valence-electron chi connectivity index (χ0n) is 11.7. The molecule has 3 rings (SSSR count). The first-order chi connectivity index (χ1) is 10.0. The molecule has 0 amide bonds. The Morgan fingerprint density at radius 1 is 1.24 bits per heavy atom. The predicted molar refractivity (Wildman–Crippen MR) is 78.5 cm³/mol. The minimum absolute atomic E-state index is 0.171. The summed E-state index contributed by atoms with van der Waals surface area (Å²) in [5, 5.41) is 3.31. The van der Waals surface area contributed by atoms with Crippen LogP contribution in [0.3, 0.4) is 0 Å². The number of halogens is 1. The van der Waals surface area contributed by atoms with E-state index in [1.807, 2.05) is 6.92 Å². The van der Waals surface area contributed by atoms with Crippen molar-refractivity contribution >= 4 is 10.9 Å². The molecule has 2 aromatic heterocycles. The van der Waals surface area contributed by atoms with E-state index < -0.39 is 5.82 Å². The molecular weight excluding hydrogens is 273 g/mol. The summed E-state index contributed by atoms with van der Waals surface area (Å²) in [4.78, 5) is 24.5. The molecule has 0 bridgehead atoms. The Morgan fingerprint density at radius 3 is 2.67 bits per heavy atom. The van der Waals surface area contributed by atoms with E-state index in [4.69, 9.17) is 0 Å². The molecule has 1 N–H and O–H groups in total. The van der Waals surface area contributed by atoms with Crippen LogP contribution >= 0.6 is 0 Å². The van der Waals surface area contributed by atoms with Crippen molar-refractivity contribution in [3.8, 4) is 5.69 Å². The number of H-pyrrole nitrogens is 1. The number of benzene rings is 1. The van der Waals surface area contributed by atoms with Gasteiger partial charge in [0.1, 0.15) is 5.82 Å². The van der Waals surface area contributed by atoms with Crippen LogP contribution in [-0.4, -0.2) is 14.3 Å². The highest BCUT2D eigenvalue weighted by Gasteiger charge is 2.14. The van der Waals surface area contributed by atoms with Crippen LogP contribution in [0.25, 0.3) is 16.6 Å². The highest BCUT2D eigenvalue weighted by Crippen LogP contribution is 2.14. The molecule has 0 aliphatic heterocycles. The largest absolute Gasteiger partial charge is 0.312 e. The molecule has 0 fully saturated rings. The van der Waals surface area contributed by atoms with Crippen molar-refractivity contribution in [3.05, 3.63) is 62.6 Å². The van der Waals surface area contributed by atoms with Gasteiger partial charge in [0.05, 0.1) is 16.6 Å². The average molecular weight is 287 g/mol. The first-order valence-corrected chi connectivity index (χ1v) is 6.64. The fourth-order valence-corrected chi connectivity index (χ4v) is 2.60. The maximum atomic E-state index is 13.3. The molecular formula is C15H14FN3O2. The number of nitrogens with one attached hydrogen (secondary N) is 1. The van der Waals surface area contributed by atoms with E-state index in [1.54, 1.807) is 13.0 Å². The quantitative estimate of drug-likeness (QED) is 0.783. The van der Waals surface area contributed by atoms with E-state index in [1.165, 1.54) is 33.5 Å². The standard InChI is InChI=1S/C15H14FN3O2/c1-3-18-9(2)14-12(8-13(18)20)17-19(15(14)21)11-6-4-5-10(16)7-11/h4-8,17H,3H2,1-2H3. The lowest BCUT2D eigenvalue weighted by molar-refractivity contribution is 0.625. The Morgan fingerprint density at radius 2 is 2.00 bits per heavy atom. The number of aromatic amines is 1. The summed E-state index contributed by atoms with van der Waals surface area (Å²) in [5.41, 5.74) is 0.990. The van der Waals surface area contributed by atoms with Gasteiger partial charge in [-0.15, -0.1) is 0 Å². The second-order valence-electron chi connectivity index (χ2n) is 4.83. The molecule has 6 heteroatoms. The number of aromatic nitrogens is 3. The van der Waals surface area contributed by atoms with Gasteiger partial charge in [-0.25, -0.2) is 9.07 Å². The molecule has 1 aromatic carbocycles. The maximum absolute atomic E-state index is 13.3. The van der Waals surface area contributed by atoms with E-state index in [9.17, 15) is 14.0 Å². The van der Waals surface area contributed by atoms with E-state index >= 15 is 0 Å². The Kier molecular flexibility index (Phi) is 3.01. The van der Waals surface area contributed by atoms with Gasteiger partial charge in [0, 0.05) is 18.3 Å². The normalized spacial score (nSPS) is 11.2. The Hall–Kier alpha value is -2.63. The Labute approximate surface area is 119 Å². The molecule has 0 atom stereocenters. The van der Waals surface area contributed by atoms with Gasteiger partial charge in [-0.05, 0) is 32.0 Å². The van der Waals surface area contributed by atoms with Crippen LogP contribution in [0, 0.1) is 12.7 Å². The van der Waals surface area contributed by atoms with E-state index in [2.05, 4.69) is 5.10 Å². The lowest BCUT2D eigenvalue weighted by Gasteiger charge is -2.05. The summed E-state index contributed by atoms with van der Waals surface area (Å²) in [6.07, 6.45) is 0. The summed E-state index contributed by atoms with van der Waals surface area (Å²) in [6, 6.07) is 7.12. The molecule has 0 spiro atoms. The summed E-state index contributed by atoms with van der Waals surface area (Å²) >= 11 is 0. The molecule has 0 aliphatic rings. The first-order valence-electron chi connectivity index (χ1n) is 6.64. The summed E-state index contributed by atoms with van der Waals surface area (Å²) in [5.74, 6) is -0.428. The zero-order valence-corrected chi connectivity index (χ0v) is 11.7. The van der Waals surface area contributed by atoms with Crippen molar-refractivity contribution in [2.24, 2.45) is 0 Å². The topological polar surface area (TPSA) is 59.8 Å². The third-order valence-electron chi connectivity index (χ3n) is 3.60. The van der Waals surface area contributed by atoms with Gasteiger partial charge in [0.15, 0.2) is 0 Å². The second-order valence-corrected chi connectivity index (χ2v) is 4.83. The molecule has 0 aliphatic carbocycles. The summed E-state index contributed by atoms with van der Waals surface area (Å²) < 4.78 is 16.1. The number of fused-ring (bicyclic) bond motifs is 1. The van der Waals surface area contributed by atoms with Gasteiger partial charge in [-0.2, -0.15) is 0 Å². The molecule has 108 valence electrons. The van der Waals surface area contributed by atoms with Crippen molar-refractivity contribution in [2.75, 3.05) is 0 Å². The SMILES string of the molecule is CCn1c(C)c2c(=O)n(-c3cccc(F)c3)[nH]c2cc1=O. The number of hydrogen-bond acceptors (Lipinski definition) is 2.